The molecule has 26 heavy (non-hydrogen) atoms. The van der Waals surface area contributed by atoms with Crippen LogP contribution in [0, 0.1) is 16.0 Å². The molecule has 0 saturated heterocycles. The molecule has 10 heteroatoms. The molecule has 136 valence electrons. The maximum Gasteiger partial charge on any atom is 0.367 e. The standard InChI is InChI=1S/C16H15N3O6S/c1-3-25-15(21)13-9(2)17-16(22)18-14(13)26-8-12(20)10-5-4-6-11(7-10)19(23)24/h4-7,13H,3,8H2,1-2H3. The monoisotopic (exact) mass is 377 g/mol. The molecule has 0 aromatic heterocycles. The molecule has 1 aliphatic rings. The largest absolute Gasteiger partial charge is 0.465 e. The Labute approximate surface area is 152 Å². The summed E-state index contributed by atoms with van der Waals surface area (Å²) in [6.45, 7) is 3.31. The van der Waals surface area contributed by atoms with Crippen molar-refractivity contribution < 1.29 is 24.0 Å². The first-order valence-corrected chi connectivity index (χ1v) is 8.56. The number of Topliss-reactive ketones (excluding diaryl/α,β-unsaturated/α-hetero) is 1. The van der Waals surface area contributed by atoms with Gasteiger partial charge in [-0.15, -0.1) is 11.8 Å². The Hall–Kier alpha value is -2.88. The van der Waals surface area contributed by atoms with Gasteiger partial charge in [0.25, 0.3) is 5.69 Å². The number of benzene rings is 1. The Morgan fingerprint density at radius 1 is 1.35 bits per heavy atom. The Balaban J connectivity index is 2.14. The molecule has 0 bridgehead atoms. The Morgan fingerprint density at radius 2 is 2.08 bits per heavy atom. The van der Waals surface area contributed by atoms with E-state index in [9.17, 15) is 24.5 Å². The van der Waals surface area contributed by atoms with E-state index in [0.29, 0.717) is 0 Å². The van der Waals surface area contributed by atoms with Gasteiger partial charge >= 0.3 is 12.0 Å². The Bertz CT molecular complexity index is 833. The van der Waals surface area contributed by atoms with Gasteiger partial charge in [-0.25, -0.2) is 4.79 Å². The van der Waals surface area contributed by atoms with Crippen LogP contribution in [-0.2, 0) is 9.53 Å². The minimum Gasteiger partial charge on any atom is -0.465 e. The molecule has 1 aromatic carbocycles. The highest BCUT2D eigenvalue weighted by atomic mass is 32.2. The van der Waals surface area contributed by atoms with Crippen LogP contribution in [0.25, 0.3) is 0 Å². The van der Waals surface area contributed by atoms with E-state index in [4.69, 9.17) is 4.74 Å². The van der Waals surface area contributed by atoms with Crippen LogP contribution >= 0.6 is 11.8 Å². The predicted octanol–water partition coefficient (Wildman–Crippen LogP) is 2.68. The highest BCUT2D eigenvalue weighted by molar-refractivity contribution is 8.14. The van der Waals surface area contributed by atoms with Gasteiger partial charge in [0, 0.05) is 23.4 Å². The smallest absolute Gasteiger partial charge is 0.367 e. The lowest BCUT2D eigenvalue weighted by Crippen LogP contribution is -2.34. The lowest BCUT2D eigenvalue weighted by molar-refractivity contribution is -0.384. The van der Waals surface area contributed by atoms with Crippen molar-refractivity contribution in [3.63, 3.8) is 0 Å². The van der Waals surface area contributed by atoms with Gasteiger partial charge in [0.15, 0.2) is 5.78 Å². The van der Waals surface area contributed by atoms with Crippen molar-refractivity contribution in [2.45, 2.75) is 13.8 Å². The van der Waals surface area contributed by atoms with Crippen molar-refractivity contribution in [1.29, 1.82) is 0 Å². The number of amides is 2. The molecule has 9 nitrogen and oxygen atoms in total. The van der Waals surface area contributed by atoms with Crippen LogP contribution in [0.5, 0.6) is 0 Å². The topological polar surface area (TPSA) is 128 Å². The molecule has 0 aliphatic carbocycles. The summed E-state index contributed by atoms with van der Waals surface area (Å²) in [7, 11) is 0. The number of nitro benzene ring substituents is 1. The first-order chi connectivity index (χ1) is 12.3. The highest BCUT2D eigenvalue weighted by Crippen LogP contribution is 2.23. The molecule has 0 radical (unpaired) electrons. The molecule has 1 aliphatic heterocycles. The average Bonchev–Trinajstić information content (AvgIpc) is 2.59. The number of nitro groups is 1. The van der Waals surface area contributed by atoms with E-state index in [1.807, 2.05) is 0 Å². The zero-order valence-electron chi connectivity index (χ0n) is 14.0. The normalized spacial score (nSPS) is 16.5. The van der Waals surface area contributed by atoms with Crippen LogP contribution in [0.4, 0.5) is 10.5 Å². The van der Waals surface area contributed by atoms with Gasteiger partial charge in [-0.05, 0) is 13.8 Å². The third-order valence-electron chi connectivity index (χ3n) is 3.39. The summed E-state index contributed by atoms with van der Waals surface area (Å²) < 4.78 is 4.97. The van der Waals surface area contributed by atoms with Gasteiger partial charge in [0.2, 0.25) is 0 Å². The molecule has 1 atom stereocenters. The second-order valence-corrected chi connectivity index (χ2v) is 6.19. The second kappa shape index (κ2) is 8.48. The number of hydrogen-bond donors (Lipinski definition) is 0. The molecule has 1 heterocycles. The zero-order chi connectivity index (χ0) is 19.3. The van der Waals surface area contributed by atoms with Crippen LogP contribution < -0.4 is 0 Å². The van der Waals surface area contributed by atoms with Crippen molar-refractivity contribution >= 4 is 46.0 Å². The van der Waals surface area contributed by atoms with E-state index >= 15 is 0 Å². The van der Waals surface area contributed by atoms with Gasteiger partial charge in [-0.3, -0.25) is 19.7 Å². The third-order valence-corrected chi connectivity index (χ3v) is 4.42. The predicted molar refractivity (Wildman–Crippen MR) is 95.9 cm³/mol. The summed E-state index contributed by atoms with van der Waals surface area (Å²) in [4.78, 5) is 53.5. The summed E-state index contributed by atoms with van der Waals surface area (Å²) >= 11 is 0.912. The fourth-order valence-corrected chi connectivity index (χ4v) is 3.23. The Kier molecular flexibility index (Phi) is 6.34. The van der Waals surface area contributed by atoms with Gasteiger partial charge in [-0.2, -0.15) is 9.98 Å². The summed E-state index contributed by atoms with van der Waals surface area (Å²) in [6.07, 6.45) is 0. The highest BCUT2D eigenvalue weighted by Gasteiger charge is 2.33. The first-order valence-electron chi connectivity index (χ1n) is 7.58. The summed E-state index contributed by atoms with van der Waals surface area (Å²) in [6, 6.07) is 4.57. The Morgan fingerprint density at radius 3 is 2.73 bits per heavy atom. The summed E-state index contributed by atoms with van der Waals surface area (Å²) in [5.41, 5.74) is 0.208. The minimum absolute atomic E-state index is 0.125. The van der Waals surface area contributed by atoms with Crippen LogP contribution in [0.3, 0.4) is 0 Å². The van der Waals surface area contributed by atoms with Crippen molar-refractivity contribution in [2.24, 2.45) is 15.9 Å². The number of non-ortho nitro benzene ring substituents is 1. The van der Waals surface area contributed by atoms with E-state index < -0.39 is 28.6 Å². The number of carbonyl (C=O) groups is 3. The SMILES string of the molecule is CCOC(=O)C1C(C)=NC(=O)N=C1SCC(=O)c1cccc([N+](=O)[O-])c1. The number of rotatable bonds is 6. The molecular weight excluding hydrogens is 362 g/mol. The minimum atomic E-state index is -0.935. The number of hydrogen-bond acceptors (Lipinski definition) is 7. The lowest BCUT2D eigenvalue weighted by Gasteiger charge is -2.19. The van der Waals surface area contributed by atoms with Crippen LogP contribution in [0.15, 0.2) is 34.3 Å². The van der Waals surface area contributed by atoms with Crippen LogP contribution in [0.1, 0.15) is 24.2 Å². The van der Waals surface area contributed by atoms with Crippen LogP contribution in [-0.4, -0.2) is 45.8 Å². The van der Waals surface area contributed by atoms with Crippen molar-refractivity contribution in [3.05, 3.63) is 39.9 Å². The summed E-state index contributed by atoms with van der Waals surface area (Å²) in [5.74, 6) is -2.07. The zero-order valence-corrected chi connectivity index (χ0v) is 14.8. The number of thioether (sulfide) groups is 1. The maximum atomic E-state index is 12.3. The van der Waals surface area contributed by atoms with Gasteiger partial charge in [0.05, 0.1) is 22.3 Å². The number of ketones is 1. The number of nitrogens with zero attached hydrogens (tertiary/aromatic N) is 3. The number of urea groups is 1. The fraction of sp³-hybridized carbons (Fsp3) is 0.312. The molecular formula is C16H15N3O6S. The fourth-order valence-electron chi connectivity index (χ4n) is 2.21. The first kappa shape index (κ1) is 19.4. The number of ether oxygens (including phenoxy) is 1. The van der Waals surface area contributed by atoms with Gasteiger partial charge in [0.1, 0.15) is 5.92 Å². The van der Waals surface area contributed by atoms with Gasteiger partial charge in [-0.1, -0.05) is 12.1 Å². The molecule has 0 spiro atoms. The van der Waals surface area contributed by atoms with E-state index in [0.717, 1.165) is 11.8 Å². The molecule has 2 amide bonds. The second-order valence-electron chi connectivity index (χ2n) is 5.19. The number of carbonyl (C=O) groups excluding carboxylic acids is 3. The lowest BCUT2D eigenvalue weighted by atomic mass is 10.1. The quantitative estimate of drug-likeness (QED) is 0.322. The van der Waals surface area contributed by atoms with E-state index in [1.165, 1.54) is 31.2 Å². The third kappa shape index (κ3) is 4.60. The van der Waals surface area contributed by atoms with Gasteiger partial charge < -0.3 is 4.74 Å². The molecule has 0 saturated carbocycles. The van der Waals surface area contributed by atoms with E-state index in [2.05, 4.69) is 9.98 Å². The van der Waals surface area contributed by atoms with Crippen molar-refractivity contribution in [1.82, 2.24) is 0 Å². The molecule has 0 fully saturated rings. The van der Waals surface area contributed by atoms with E-state index in [-0.39, 0.29) is 34.4 Å². The average molecular weight is 377 g/mol. The van der Waals surface area contributed by atoms with E-state index in [1.54, 1.807) is 6.92 Å². The molecule has 1 aromatic rings. The molecule has 1 unspecified atom stereocenters. The van der Waals surface area contributed by atoms with Crippen LogP contribution in [0.2, 0.25) is 0 Å². The molecule has 0 N–H and O–H groups in total. The summed E-state index contributed by atoms with van der Waals surface area (Å²) in [5, 5.41) is 10.9. The number of aliphatic imine (C=N–C) groups is 2. The van der Waals surface area contributed by atoms with Crippen molar-refractivity contribution in [3.8, 4) is 0 Å². The maximum absolute atomic E-state index is 12.3. The molecule has 2 rings (SSSR count). The van der Waals surface area contributed by atoms with Crippen molar-refractivity contribution in [2.75, 3.05) is 12.4 Å². The number of esters is 1.